The van der Waals surface area contributed by atoms with Crippen molar-refractivity contribution in [3.05, 3.63) is 76.7 Å². The number of benzene rings is 1. The third-order valence-corrected chi connectivity index (χ3v) is 9.12. The van der Waals surface area contributed by atoms with Crippen LogP contribution in [0.25, 0.3) is 0 Å². The number of aliphatic imine (C=N–C) groups is 1. The molecule has 4 unspecified atom stereocenters. The summed E-state index contributed by atoms with van der Waals surface area (Å²) in [6, 6.07) is 9.10. The lowest BCUT2D eigenvalue weighted by molar-refractivity contribution is 0.389. The van der Waals surface area contributed by atoms with Gasteiger partial charge in [0, 0.05) is 32.9 Å². The van der Waals surface area contributed by atoms with Gasteiger partial charge in [0.15, 0.2) is 0 Å². The van der Waals surface area contributed by atoms with Crippen LogP contribution in [0.3, 0.4) is 0 Å². The second-order valence-corrected chi connectivity index (χ2v) is 11.0. The Morgan fingerprint density at radius 1 is 1.29 bits per heavy atom. The van der Waals surface area contributed by atoms with Crippen molar-refractivity contribution in [1.82, 2.24) is 5.32 Å². The average Bonchev–Trinajstić information content (AvgIpc) is 3.15. The van der Waals surface area contributed by atoms with E-state index < -0.39 is 0 Å². The summed E-state index contributed by atoms with van der Waals surface area (Å²) >= 11 is 2.11. The van der Waals surface area contributed by atoms with Gasteiger partial charge in [-0.3, -0.25) is 4.99 Å². The summed E-state index contributed by atoms with van der Waals surface area (Å²) in [5.74, 6) is 1.20. The van der Waals surface area contributed by atoms with E-state index >= 15 is 0 Å². The van der Waals surface area contributed by atoms with Crippen LogP contribution in [0.1, 0.15) is 63.9 Å². The van der Waals surface area contributed by atoms with Gasteiger partial charge in [-0.15, -0.1) is 11.8 Å². The highest BCUT2D eigenvalue weighted by Crippen LogP contribution is 2.58. The van der Waals surface area contributed by atoms with Crippen LogP contribution in [0.2, 0.25) is 0 Å². The lowest BCUT2D eigenvalue weighted by Crippen LogP contribution is -2.35. The minimum atomic E-state index is 0.150. The van der Waals surface area contributed by atoms with Gasteiger partial charge >= 0.3 is 0 Å². The van der Waals surface area contributed by atoms with E-state index in [1.165, 1.54) is 47.5 Å². The van der Waals surface area contributed by atoms with Gasteiger partial charge in [0.2, 0.25) is 0 Å². The second-order valence-electron chi connectivity index (χ2n) is 9.85. The molecule has 0 saturated carbocycles. The van der Waals surface area contributed by atoms with E-state index in [9.17, 15) is 0 Å². The second kappa shape index (κ2) is 8.50. The number of fused-ring (bicyclic) bond motifs is 3. The van der Waals surface area contributed by atoms with E-state index in [2.05, 4.69) is 91.2 Å². The Hall–Kier alpha value is -2.00. The van der Waals surface area contributed by atoms with Gasteiger partial charge in [0.1, 0.15) is 0 Å². The summed E-state index contributed by atoms with van der Waals surface area (Å²) in [4.78, 5) is 5.65. The highest BCUT2D eigenvalue weighted by Gasteiger charge is 2.45. The molecular formula is C28H34N2S. The predicted molar refractivity (Wildman–Crippen MR) is 134 cm³/mol. The molecule has 0 spiro atoms. The summed E-state index contributed by atoms with van der Waals surface area (Å²) in [5.41, 5.74) is 7.49. The number of allylic oxidation sites excluding steroid dienone is 5. The number of thioether (sulfide) groups is 1. The van der Waals surface area contributed by atoms with Gasteiger partial charge in [-0.2, -0.15) is 0 Å². The maximum atomic E-state index is 4.16. The molecule has 1 aliphatic heterocycles. The van der Waals surface area contributed by atoms with Crippen LogP contribution in [-0.4, -0.2) is 18.5 Å². The smallest absolute Gasteiger partial charge is 0.0598 e. The third kappa shape index (κ3) is 3.86. The fourth-order valence-corrected chi connectivity index (χ4v) is 7.70. The first-order valence-corrected chi connectivity index (χ1v) is 12.7. The molecule has 1 aromatic carbocycles. The molecule has 162 valence electrons. The predicted octanol–water partition coefficient (Wildman–Crippen LogP) is 7.18. The third-order valence-electron chi connectivity index (χ3n) is 7.68. The summed E-state index contributed by atoms with van der Waals surface area (Å²) in [5, 5.41) is 4.48. The van der Waals surface area contributed by atoms with Crippen LogP contribution in [0.15, 0.2) is 81.0 Å². The average molecular weight is 431 g/mol. The molecule has 0 saturated heterocycles. The highest BCUT2D eigenvalue weighted by atomic mass is 32.2. The van der Waals surface area contributed by atoms with Crippen molar-refractivity contribution in [1.29, 1.82) is 0 Å². The molecule has 1 aromatic rings. The van der Waals surface area contributed by atoms with Crippen LogP contribution < -0.4 is 5.32 Å². The van der Waals surface area contributed by atoms with Crippen molar-refractivity contribution in [2.24, 2.45) is 16.3 Å². The van der Waals surface area contributed by atoms with Crippen LogP contribution in [0, 0.1) is 11.3 Å². The summed E-state index contributed by atoms with van der Waals surface area (Å²) in [6.07, 6.45) is 16.8. The molecule has 4 aliphatic rings. The zero-order chi connectivity index (χ0) is 21.4. The Kier molecular flexibility index (Phi) is 5.73. The lowest BCUT2D eigenvalue weighted by atomic mass is 9.67. The zero-order valence-electron chi connectivity index (χ0n) is 18.9. The molecule has 5 rings (SSSR count). The van der Waals surface area contributed by atoms with Crippen LogP contribution in [-0.2, 0) is 0 Å². The van der Waals surface area contributed by atoms with Crippen molar-refractivity contribution < 1.29 is 0 Å². The largest absolute Gasteiger partial charge is 0.359 e. The van der Waals surface area contributed by atoms with E-state index in [1.54, 1.807) is 11.1 Å². The fourth-order valence-electron chi connectivity index (χ4n) is 5.94. The molecule has 0 aromatic heterocycles. The first kappa shape index (κ1) is 20.9. The van der Waals surface area contributed by atoms with Gasteiger partial charge in [0.25, 0.3) is 0 Å². The monoisotopic (exact) mass is 430 g/mol. The topological polar surface area (TPSA) is 24.4 Å². The number of rotatable bonds is 5. The minimum absolute atomic E-state index is 0.150. The zero-order valence-corrected chi connectivity index (χ0v) is 19.7. The van der Waals surface area contributed by atoms with Crippen LogP contribution in [0.4, 0.5) is 0 Å². The standard InChI is InChI=1S/C28H34N2S/c1-19-11-12-21(17-20(19)18-29-3)30-24-14-13-23-22-9-5-6-10-25(22)31-27(23)26(24)28(2)15-7-4-8-16-28/h5-7,9-10,12,15,17,19,23,27,30H,3-4,8,11,13-14,16,18H2,1-2H3. The van der Waals surface area contributed by atoms with Gasteiger partial charge in [-0.1, -0.05) is 50.3 Å². The summed E-state index contributed by atoms with van der Waals surface area (Å²) in [6.45, 7) is 9.23. The maximum absolute atomic E-state index is 4.16. The highest BCUT2D eigenvalue weighted by molar-refractivity contribution is 8.00. The van der Waals surface area contributed by atoms with Crippen molar-refractivity contribution in [3.8, 4) is 0 Å². The molecule has 3 aliphatic carbocycles. The lowest BCUT2D eigenvalue weighted by Gasteiger charge is -2.42. The molecule has 0 fully saturated rings. The fraction of sp³-hybridized carbons (Fsp3) is 0.464. The first-order valence-electron chi connectivity index (χ1n) is 11.9. The SMILES string of the molecule is C=NCC1=CC(NC2=C(C3(C)C=CCCC3)C3Sc4ccccc4C3CC2)=CCC1C. The number of hydrogen-bond donors (Lipinski definition) is 1. The van der Waals surface area contributed by atoms with Crippen LogP contribution in [0.5, 0.6) is 0 Å². The first-order chi connectivity index (χ1) is 15.1. The maximum Gasteiger partial charge on any atom is 0.0598 e. The number of nitrogens with one attached hydrogen (secondary N) is 1. The Bertz CT molecular complexity index is 998. The molecule has 0 bridgehead atoms. The van der Waals surface area contributed by atoms with Crippen molar-refractivity contribution in [3.63, 3.8) is 0 Å². The molecule has 31 heavy (non-hydrogen) atoms. The van der Waals surface area contributed by atoms with Gasteiger partial charge in [-0.05, 0) is 80.0 Å². The van der Waals surface area contributed by atoms with Crippen molar-refractivity contribution in [2.75, 3.05) is 6.54 Å². The molecule has 2 nitrogen and oxygen atoms in total. The van der Waals surface area contributed by atoms with Crippen molar-refractivity contribution >= 4 is 18.5 Å². The van der Waals surface area contributed by atoms with Gasteiger partial charge in [-0.25, -0.2) is 0 Å². The molecule has 3 heteroatoms. The van der Waals surface area contributed by atoms with Gasteiger partial charge in [0.05, 0.1) is 6.54 Å². The normalized spacial score (nSPS) is 32.1. The summed E-state index contributed by atoms with van der Waals surface area (Å²) in [7, 11) is 0. The van der Waals surface area contributed by atoms with E-state index in [4.69, 9.17) is 0 Å². The minimum Gasteiger partial charge on any atom is -0.359 e. The Morgan fingerprint density at radius 3 is 2.97 bits per heavy atom. The Morgan fingerprint density at radius 2 is 2.16 bits per heavy atom. The molecule has 4 atom stereocenters. The molecule has 0 amide bonds. The summed E-state index contributed by atoms with van der Waals surface area (Å²) < 4.78 is 0. The molecule has 1 heterocycles. The van der Waals surface area contributed by atoms with Gasteiger partial charge < -0.3 is 5.32 Å². The van der Waals surface area contributed by atoms with E-state index in [-0.39, 0.29) is 5.41 Å². The molecule has 1 N–H and O–H groups in total. The van der Waals surface area contributed by atoms with E-state index in [0.29, 0.717) is 17.1 Å². The van der Waals surface area contributed by atoms with Crippen molar-refractivity contribution in [2.45, 2.75) is 68.4 Å². The quantitative estimate of drug-likeness (QED) is 0.395. The number of nitrogens with zero attached hydrogens (tertiary/aromatic N) is 1. The Balaban J connectivity index is 1.53. The van der Waals surface area contributed by atoms with Crippen LogP contribution >= 0.6 is 11.8 Å². The Labute approximate surface area is 191 Å². The van der Waals surface area contributed by atoms with E-state index in [0.717, 1.165) is 19.4 Å². The molecule has 0 radical (unpaired) electrons. The molecular weight excluding hydrogens is 396 g/mol. The van der Waals surface area contributed by atoms with E-state index in [1.807, 2.05) is 0 Å². The number of hydrogen-bond acceptors (Lipinski definition) is 3.